The third kappa shape index (κ3) is 4.25. The van der Waals surface area contributed by atoms with Crippen LogP contribution in [0.4, 0.5) is 8.78 Å². The van der Waals surface area contributed by atoms with Crippen molar-refractivity contribution >= 4 is 33.5 Å². The second-order valence-electron chi connectivity index (χ2n) is 5.11. The summed E-state index contributed by atoms with van der Waals surface area (Å²) in [6.45, 7) is -2.84. The Balaban J connectivity index is 1.97. The van der Waals surface area contributed by atoms with Crippen LogP contribution < -0.4 is 9.54 Å². The fourth-order valence-corrected chi connectivity index (χ4v) is 3.46. The van der Waals surface area contributed by atoms with E-state index in [1.165, 1.54) is 23.5 Å². The van der Waals surface area contributed by atoms with Crippen molar-refractivity contribution < 1.29 is 13.5 Å². The predicted molar refractivity (Wildman–Crippen MR) is 103 cm³/mol. The second-order valence-corrected chi connectivity index (χ2v) is 6.80. The predicted octanol–water partition coefficient (Wildman–Crippen LogP) is 4.99. The van der Waals surface area contributed by atoms with E-state index in [9.17, 15) is 8.78 Å². The molecule has 0 unspecified atom stereocenters. The number of rotatable bonds is 5. The molecule has 1 heterocycles. The molecule has 2 aromatic carbocycles. The molecule has 0 atom stereocenters. The van der Waals surface area contributed by atoms with E-state index < -0.39 is 6.61 Å². The number of nitrogens with zero attached hydrogens (tertiary/aromatic N) is 3. The number of aromatic nitrogens is 1. The van der Waals surface area contributed by atoms with Gasteiger partial charge in [0.2, 0.25) is 4.80 Å². The first-order valence-corrected chi connectivity index (χ1v) is 9.23. The summed E-state index contributed by atoms with van der Waals surface area (Å²) in [4.78, 5) is 4.96. The van der Waals surface area contributed by atoms with Gasteiger partial charge in [-0.3, -0.25) is 4.99 Å². The number of alkyl halides is 2. The molecule has 0 N–H and O–H groups in total. The zero-order chi connectivity index (χ0) is 18.5. The van der Waals surface area contributed by atoms with Crippen molar-refractivity contribution in [2.24, 2.45) is 10.1 Å². The minimum atomic E-state index is -2.84. The maximum absolute atomic E-state index is 12.3. The summed E-state index contributed by atoms with van der Waals surface area (Å²) in [5.74, 6) is 0.114. The van der Waals surface area contributed by atoms with Crippen LogP contribution in [0, 0.1) is 0 Å². The average Bonchev–Trinajstić information content (AvgIpc) is 3.04. The average molecular weight is 438 g/mol. The van der Waals surface area contributed by atoms with Crippen LogP contribution in [-0.2, 0) is 0 Å². The summed E-state index contributed by atoms with van der Waals surface area (Å²) in [7, 11) is 1.69. The number of thiazole rings is 1. The van der Waals surface area contributed by atoms with Gasteiger partial charge in [-0.2, -0.15) is 13.9 Å². The molecule has 0 aliphatic rings. The van der Waals surface area contributed by atoms with Crippen LogP contribution in [0.25, 0.3) is 11.3 Å². The fraction of sp³-hybridized carbons (Fsp3) is 0.111. The number of halogens is 3. The Morgan fingerprint density at radius 3 is 2.54 bits per heavy atom. The topological polar surface area (TPSA) is 38.9 Å². The van der Waals surface area contributed by atoms with Crippen molar-refractivity contribution in [3.8, 4) is 17.0 Å². The Hall–Kier alpha value is -2.32. The monoisotopic (exact) mass is 437 g/mol. The molecule has 3 rings (SSSR count). The summed E-state index contributed by atoms with van der Waals surface area (Å²) < 4.78 is 31.6. The van der Waals surface area contributed by atoms with Crippen molar-refractivity contribution in [1.82, 2.24) is 4.68 Å². The van der Waals surface area contributed by atoms with E-state index >= 15 is 0 Å². The lowest BCUT2D eigenvalue weighted by Crippen LogP contribution is -2.11. The molecule has 0 saturated carbocycles. The molecule has 1 aromatic heterocycles. The van der Waals surface area contributed by atoms with E-state index in [0.717, 1.165) is 26.1 Å². The summed E-state index contributed by atoms with van der Waals surface area (Å²) >= 11 is 4.94. The Labute approximate surface area is 161 Å². The van der Waals surface area contributed by atoms with Gasteiger partial charge in [0, 0.05) is 28.0 Å². The highest BCUT2D eigenvalue weighted by Crippen LogP contribution is 2.24. The van der Waals surface area contributed by atoms with Crippen LogP contribution >= 0.6 is 27.3 Å². The smallest absolute Gasteiger partial charge is 0.387 e. The van der Waals surface area contributed by atoms with Gasteiger partial charge < -0.3 is 4.74 Å². The maximum atomic E-state index is 12.3. The quantitative estimate of drug-likeness (QED) is 0.518. The minimum absolute atomic E-state index is 0.114. The SMILES string of the molecule is CN=c1scc(-c2ccc(OC(F)F)cc2)n1/N=C/c1ccccc1Br. The molecule has 0 aliphatic carbocycles. The van der Waals surface area contributed by atoms with Gasteiger partial charge in [0.05, 0.1) is 11.9 Å². The molecule has 0 bridgehead atoms. The Morgan fingerprint density at radius 2 is 1.88 bits per heavy atom. The fourth-order valence-electron chi connectivity index (χ4n) is 2.27. The molecular weight excluding hydrogens is 424 g/mol. The van der Waals surface area contributed by atoms with Gasteiger partial charge in [0.15, 0.2) is 0 Å². The summed E-state index contributed by atoms with van der Waals surface area (Å²) in [6.07, 6.45) is 1.74. The first kappa shape index (κ1) is 18.5. The molecule has 134 valence electrons. The molecular formula is C18H14BrF2N3OS. The number of hydrogen-bond donors (Lipinski definition) is 0. The molecule has 4 nitrogen and oxygen atoms in total. The van der Waals surface area contributed by atoms with Gasteiger partial charge in [-0.15, -0.1) is 11.3 Å². The normalized spacial score (nSPS) is 12.3. The first-order valence-electron chi connectivity index (χ1n) is 7.56. The van der Waals surface area contributed by atoms with Crippen LogP contribution in [0.2, 0.25) is 0 Å². The van der Waals surface area contributed by atoms with Crippen molar-refractivity contribution in [2.75, 3.05) is 7.05 Å². The van der Waals surface area contributed by atoms with Crippen LogP contribution in [-0.4, -0.2) is 24.5 Å². The van der Waals surface area contributed by atoms with Gasteiger partial charge in [-0.25, -0.2) is 4.68 Å². The van der Waals surface area contributed by atoms with Crippen molar-refractivity contribution in [3.05, 3.63) is 68.7 Å². The molecule has 0 aliphatic heterocycles. The van der Waals surface area contributed by atoms with Crippen LogP contribution in [0.15, 0.2) is 68.5 Å². The first-order chi connectivity index (χ1) is 12.6. The van der Waals surface area contributed by atoms with E-state index in [1.54, 1.807) is 30.1 Å². The molecule has 0 spiro atoms. The van der Waals surface area contributed by atoms with E-state index in [4.69, 9.17) is 0 Å². The zero-order valence-corrected chi connectivity index (χ0v) is 16.0. The Bertz CT molecular complexity index is 981. The Kier molecular flexibility index (Phi) is 5.95. The Morgan fingerprint density at radius 1 is 1.15 bits per heavy atom. The molecule has 0 amide bonds. The summed E-state index contributed by atoms with van der Waals surface area (Å²) in [5, 5.41) is 6.46. The highest BCUT2D eigenvalue weighted by atomic mass is 79.9. The van der Waals surface area contributed by atoms with E-state index in [2.05, 4.69) is 30.8 Å². The lowest BCUT2D eigenvalue weighted by atomic mass is 10.2. The van der Waals surface area contributed by atoms with Crippen molar-refractivity contribution in [3.63, 3.8) is 0 Å². The molecule has 0 fully saturated rings. The minimum Gasteiger partial charge on any atom is -0.435 e. The molecule has 26 heavy (non-hydrogen) atoms. The third-order valence-corrected chi connectivity index (χ3v) is 5.10. The van der Waals surface area contributed by atoms with Gasteiger partial charge in [0.25, 0.3) is 0 Å². The van der Waals surface area contributed by atoms with E-state index in [0.29, 0.717) is 0 Å². The highest BCUT2D eigenvalue weighted by molar-refractivity contribution is 9.10. The van der Waals surface area contributed by atoms with Gasteiger partial charge in [0.1, 0.15) is 5.75 Å². The van der Waals surface area contributed by atoms with E-state index in [1.807, 2.05) is 29.6 Å². The van der Waals surface area contributed by atoms with E-state index in [-0.39, 0.29) is 5.75 Å². The molecule has 0 radical (unpaired) electrons. The summed E-state index contributed by atoms with van der Waals surface area (Å²) in [6, 6.07) is 14.2. The summed E-state index contributed by atoms with van der Waals surface area (Å²) in [5.41, 5.74) is 2.56. The second kappa shape index (κ2) is 8.37. The van der Waals surface area contributed by atoms with Crippen molar-refractivity contribution in [1.29, 1.82) is 0 Å². The maximum Gasteiger partial charge on any atom is 0.387 e. The lowest BCUT2D eigenvalue weighted by Gasteiger charge is -2.07. The highest BCUT2D eigenvalue weighted by Gasteiger charge is 2.09. The van der Waals surface area contributed by atoms with Crippen LogP contribution in [0.5, 0.6) is 5.75 Å². The van der Waals surface area contributed by atoms with Crippen molar-refractivity contribution in [2.45, 2.75) is 6.61 Å². The van der Waals surface area contributed by atoms with Gasteiger partial charge in [-0.1, -0.05) is 34.1 Å². The number of benzene rings is 2. The molecule has 8 heteroatoms. The third-order valence-electron chi connectivity index (χ3n) is 3.47. The molecule has 0 saturated heterocycles. The van der Waals surface area contributed by atoms with Crippen LogP contribution in [0.1, 0.15) is 5.56 Å². The van der Waals surface area contributed by atoms with Gasteiger partial charge in [-0.05, 0) is 30.3 Å². The lowest BCUT2D eigenvalue weighted by molar-refractivity contribution is -0.0498. The zero-order valence-electron chi connectivity index (χ0n) is 13.6. The number of ether oxygens (including phenoxy) is 1. The molecule has 3 aromatic rings. The number of hydrogen-bond acceptors (Lipinski definition) is 4. The standard InChI is InChI=1S/C18H14BrF2N3OS/c1-22-18-24(23-10-13-4-2-3-5-15(13)19)16(11-26-18)12-6-8-14(9-7-12)25-17(20)21/h2-11,17H,1H3/b22-18?,23-10+. The van der Waals surface area contributed by atoms with Crippen LogP contribution in [0.3, 0.4) is 0 Å². The largest absolute Gasteiger partial charge is 0.435 e. The van der Waals surface area contributed by atoms with Gasteiger partial charge >= 0.3 is 6.61 Å².